The smallest absolute Gasteiger partial charge is 0.310 e. The standard InChI is InChI=1S/C16H20N2O3/c1-20-15(19)9-12-8-14(11-6-4-3-5-7-11)18-16(21-2)13(12)10-17/h8,11H,3-7,9H2,1-2H3. The zero-order chi connectivity index (χ0) is 15.2. The summed E-state index contributed by atoms with van der Waals surface area (Å²) in [6.45, 7) is 0. The van der Waals surface area contributed by atoms with E-state index in [0.717, 1.165) is 18.5 Å². The molecule has 5 nitrogen and oxygen atoms in total. The number of nitriles is 1. The van der Waals surface area contributed by atoms with Crippen LogP contribution in [0.25, 0.3) is 0 Å². The molecule has 1 heterocycles. The van der Waals surface area contributed by atoms with Crippen molar-refractivity contribution in [1.82, 2.24) is 4.98 Å². The fraction of sp³-hybridized carbons (Fsp3) is 0.562. The summed E-state index contributed by atoms with van der Waals surface area (Å²) in [4.78, 5) is 16.0. The Hall–Kier alpha value is -2.09. The molecule has 0 amide bonds. The number of aromatic nitrogens is 1. The number of carbonyl (C=O) groups excluding carboxylic acids is 1. The molecule has 0 radical (unpaired) electrons. The van der Waals surface area contributed by atoms with E-state index < -0.39 is 0 Å². The average Bonchev–Trinajstić information content (AvgIpc) is 2.54. The quantitative estimate of drug-likeness (QED) is 0.796. The van der Waals surface area contributed by atoms with Crippen molar-refractivity contribution in [1.29, 1.82) is 5.26 Å². The molecule has 0 spiro atoms. The van der Waals surface area contributed by atoms with Crippen LogP contribution >= 0.6 is 0 Å². The molecular formula is C16H20N2O3. The minimum Gasteiger partial charge on any atom is -0.480 e. The van der Waals surface area contributed by atoms with E-state index in [1.165, 1.54) is 33.5 Å². The van der Waals surface area contributed by atoms with Crippen molar-refractivity contribution in [2.24, 2.45) is 0 Å². The number of carbonyl (C=O) groups is 1. The number of ether oxygens (including phenoxy) is 2. The van der Waals surface area contributed by atoms with Gasteiger partial charge in [-0.2, -0.15) is 5.26 Å². The number of pyridine rings is 1. The molecule has 0 saturated heterocycles. The van der Waals surface area contributed by atoms with Gasteiger partial charge in [0.05, 0.1) is 20.6 Å². The van der Waals surface area contributed by atoms with Gasteiger partial charge in [0.15, 0.2) is 0 Å². The zero-order valence-electron chi connectivity index (χ0n) is 12.5. The Labute approximate surface area is 124 Å². The van der Waals surface area contributed by atoms with Crippen LogP contribution in [0.15, 0.2) is 6.07 Å². The van der Waals surface area contributed by atoms with E-state index in [2.05, 4.69) is 11.1 Å². The van der Waals surface area contributed by atoms with Gasteiger partial charge in [0.2, 0.25) is 5.88 Å². The van der Waals surface area contributed by atoms with Crippen molar-refractivity contribution in [3.8, 4) is 11.9 Å². The maximum absolute atomic E-state index is 11.5. The molecule has 1 saturated carbocycles. The first kappa shape index (κ1) is 15.3. The molecule has 0 aromatic carbocycles. The number of hydrogen-bond acceptors (Lipinski definition) is 5. The summed E-state index contributed by atoms with van der Waals surface area (Å²) in [6, 6.07) is 3.95. The van der Waals surface area contributed by atoms with Gasteiger partial charge < -0.3 is 9.47 Å². The molecule has 112 valence electrons. The summed E-state index contributed by atoms with van der Waals surface area (Å²) in [5.74, 6) is 0.325. The van der Waals surface area contributed by atoms with Crippen LogP contribution in [0, 0.1) is 11.3 Å². The predicted octanol–water partition coefficient (Wildman–Crippen LogP) is 2.73. The Morgan fingerprint density at radius 1 is 1.38 bits per heavy atom. The number of rotatable bonds is 4. The van der Waals surface area contributed by atoms with E-state index in [1.54, 1.807) is 0 Å². The van der Waals surface area contributed by atoms with Crippen LogP contribution in [0.3, 0.4) is 0 Å². The van der Waals surface area contributed by atoms with Gasteiger partial charge in [-0.1, -0.05) is 19.3 Å². The van der Waals surface area contributed by atoms with Crippen molar-refractivity contribution in [3.63, 3.8) is 0 Å². The fourth-order valence-corrected chi connectivity index (χ4v) is 2.84. The zero-order valence-corrected chi connectivity index (χ0v) is 12.5. The van der Waals surface area contributed by atoms with Gasteiger partial charge in [-0.15, -0.1) is 0 Å². The molecule has 0 aliphatic heterocycles. The van der Waals surface area contributed by atoms with E-state index in [4.69, 9.17) is 9.47 Å². The van der Waals surface area contributed by atoms with E-state index in [-0.39, 0.29) is 12.4 Å². The Bertz CT molecular complexity index is 557. The Morgan fingerprint density at radius 3 is 2.67 bits per heavy atom. The third kappa shape index (κ3) is 3.52. The highest BCUT2D eigenvalue weighted by atomic mass is 16.5. The molecule has 2 rings (SSSR count). The van der Waals surface area contributed by atoms with Gasteiger partial charge in [-0.3, -0.25) is 4.79 Å². The molecule has 21 heavy (non-hydrogen) atoms. The first-order valence-electron chi connectivity index (χ1n) is 7.24. The highest BCUT2D eigenvalue weighted by Gasteiger charge is 2.22. The van der Waals surface area contributed by atoms with Gasteiger partial charge >= 0.3 is 5.97 Å². The summed E-state index contributed by atoms with van der Waals surface area (Å²) in [5.41, 5.74) is 1.88. The SMILES string of the molecule is COC(=O)Cc1cc(C2CCCCC2)nc(OC)c1C#N. The second-order valence-electron chi connectivity index (χ2n) is 5.29. The van der Waals surface area contributed by atoms with Gasteiger partial charge in [-0.05, 0) is 24.5 Å². The Balaban J connectivity index is 2.40. The number of nitrogens with zero attached hydrogens (tertiary/aromatic N) is 2. The van der Waals surface area contributed by atoms with Gasteiger partial charge in [0, 0.05) is 11.6 Å². The normalized spacial score (nSPS) is 15.3. The van der Waals surface area contributed by atoms with Crippen molar-refractivity contribution in [2.45, 2.75) is 44.4 Å². The molecule has 5 heteroatoms. The van der Waals surface area contributed by atoms with Gasteiger partial charge in [0.25, 0.3) is 0 Å². The van der Waals surface area contributed by atoms with Crippen LogP contribution in [0.1, 0.15) is 54.8 Å². The maximum atomic E-state index is 11.5. The van der Waals surface area contributed by atoms with Crippen LogP contribution in [0.4, 0.5) is 0 Å². The first-order valence-corrected chi connectivity index (χ1v) is 7.24. The largest absolute Gasteiger partial charge is 0.480 e. The summed E-state index contributed by atoms with van der Waals surface area (Å²) in [6.07, 6.45) is 5.92. The second-order valence-corrected chi connectivity index (χ2v) is 5.29. The van der Waals surface area contributed by atoms with Crippen LogP contribution in [-0.4, -0.2) is 25.2 Å². The van der Waals surface area contributed by atoms with Crippen LogP contribution in [0.2, 0.25) is 0 Å². The van der Waals surface area contributed by atoms with E-state index in [1.807, 2.05) is 6.07 Å². The summed E-state index contributed by atoms with van der Waals surface area (Å²) < 4.78 is 9.94. The maximum Gasteiger partial charge on any atom is 0.310 e. The lowest BCUT2D eigenvalue weighted by atomic mass is 9.86. The lowest BCUT2D eigenvalue weighted by Gasteiger charge is -2.22. The third-order valence-corrected chi connectivity index (χ3v) is 3.98. The fourth-order valence-electron chi connectivity index (χ4n) is 2.84. The second kappa shape index (κ2) is 7.07. The van der Waals surface area contributed by atoms with Crippen LogP contribution < -0.4 is 4.74 Å². The number of hydrogen-bond donors (Lipinski definition) is 0. The summed E-state index contributed by atoms with van der Waals surface area (Å²) in [7, 11) is 2.84. The van der Waals surface area contributed by atoms with E-state index >= 15 is 0 Å². The summed E-state index contributed by atoms with van der Waals surface area (Å²) in [5, 5.41) is 9.30. The molecule has 1 fully saturated rings. The highest BCUT2D eigenvalue weighted by Crippen LogP contribution is 2.34. The van der Waals surface area contributed by atoms with Crippen LogP contribution in [0.5, 0.6) is 5.88 Å². The third-order valence-electron chi connectivity index (χ3n) is 3.98. The van der Waals surface area contributed by atoms with E-state index in [0.29, 0.717) is 22.9 Å². The number of methoxy groups -OCH3 is 2. The minimum absolute atomic E-state index is 0.0675. The molecule has 1 aliphatic rings. The van der Waals surface area contributed by atoms with Crippen molar-refractivity contribution < 1.29 is 14.3 Å². The molecule has 0 unspecified atom stereocenters. The Morgan fingerprint density at radius 2 is 2.10 bits per heavy atom. The molecule has 1 aromatic heterocycles. The molecule has 1 aromatic rings. The van der Waals surface area contributed by atoms with Crippen LogP contribution in [-0.2, 0) is 16.0 Å². The molecule has 0 bridgehead atoms. The Kier molecular flexibility index (Phi) is 5.15. The molecule has 0 N–H and O–H groups in total. The molecule has 0 atom stereocenters. The lowest BCUT2D eigenvalue weighted by Crippen LogP contribution is -2.12. The topological polar surface area (TPSA) is 72.2 Å². The number of esters is 1. The van der Waals surface area contributed by atoms with Crippen molar-refractivity contribution in [2.75, 3.05) is 14.2 Å². The summed E-state index contributed by atoms with van der Waals surface area (Å²) >= 11 is 0. The first-order chi connectivity index (χ1) is 10.2. The lowest BCUT2D eigenvalue weighted by molar-refractivity contribution is -0.139. The average molecular weight is 288 g/mol. The predicted molar refractivity (Wildman–Crippen MR) is 77.1 cm³/mol. The molecular weight excluding hydrogens is 268 g/mol. The molecule has 1 aliphatic carbocycles. The van der Waals surface area contributed by atoms with E-state index in [9.17, 15) is 10.1 Å². The highest BCUT2D eigenvalue weighted by molar-refractivity contribution is 5.74. The minimum atomic E-state index is -0.366. The van der Waals surface area contributed by atoms with Gasteiger partial charge in [0.1, 0.15) is 11.6 Å². The van der Waals surface area contributed by atoms with Crippen molar-refractivity contribution in [3.05, 3.63) is 22.9 Å². The monoisotopic (exact) mass is 288 g/mol. The van der Waals surface area contributed by atoms with Gasteiger partial charge in [-0.25, -0.2) is 4.98 Å². The van der Waals surface area contributed by atoms with Crippen molar-refractivity contribution >= 4 is 5.97 Å².